The molecule has 0 saturated heterocycles. The predicted molar refractivity (Wildman–Crippen MR) is 107 cm³/mol. The second kappa shape index (κ2) is 9.01. The molecule has 3 N–H and O–H groups in total. The number of hydrogen-bond donors (Lipinski definition) is 3. The fourth-order valence-electron chi connectivity index (χ4n) is 2.87. The molecule has 0 fully saturated rings. The first-order chi connectivity index (χ1) is 12.7. The maximum atomic E-state index is 13.0. The Labute approximate surface area is 160 Å². The van der Waals surface area contributed by atoms with Crippen molar-refractivity contribution >= 4 is 21.7 Å². The van der Waals surface area contributed by atoms with E-state index in [0.717, 1.165) is 18.4 Å². The molecule has 0 heterocycles. The lowest BCUT2D eigenvalue weighted by Gasteiger charge is -2.20. The number of benzene rings is 2. The summed E-state index contributed by atoms with van der Waals surface area (Å²) in [4.78, 5) is 11.3. The van der Waals surface area contributed by atoms with Crippen LogP contribution in [0.2, 0.25) is 0 Å². The molecule has 6 nitrogen and oxygen atoms in total. The van der Waals surface area contributed by atoms with Crippen molar-refractivity contribution in [2.45, 2.75) is 50.6 Å². The van der Waals surface area contributed by atoms with Crippen LogP contribution in [-0.2, 0) is 10.0 Å². The molecule has 0 aromatic heterocycles. The van der Waals surface area contributed by atoms with E-state index < -0.39 is 22.0 Å². The Kier molecular flexibility index (Phi) is 6.98. The molecule has 0 aliphatic rings. The van der Waals surface area contributed by atoms with E-state index in [1.165, 1.54) is 18.2 Å². The minimum absolute atomic E-state index is 0.0613. The van der Waals surface area contributed by atoms with E-state index in [2.05, 4.69) is 10.0 Å². The molecule has 2 atom stereocenters. The van der Waals surface area contributed by atoms with Crippen LogP contribution in [0.3, 0.4) is 0 Å². The molecular weight excluding hydrogens is 364 g/mol. The summed E-state index contributed by atoms with van der Waals surface area (Å²) in [7, 11) is -3.93. The maximum absolute atomic E-state index is 13.0. The van der Waals surface area contributed by atoms with Crippen LogP contribution < -0.4 is 10.0 Å². The zero-order chi connectivity index (χ0) is 20.0. The van der Waals surface area contributed by atoms with Crippen LogP contribution in [-0.4, -0.2) is 25.5 Å². The van der Waals surface area contributed by atoms with E-state index in [-0.39, 0.29) is 16.5 Å². The monoisotopic (exact) mass is 390 g/mol. The molecule has 0 radical (unpaired) electrons. The molecule has 0 bridgehead atoms. The highest BCUT2D eigenvalue weighted by Gasteiger charge is 2.24. The summed E-state index contributed by atoms with van der Waals surface area (Å²) in [6.45, 7) is 5.76. The Balaban J connectivity index is 2.39. The molecule has 0 saturated carbocycles. The fraction of sp³-hybridized carbons (Fsp3) is 0.350. The Morgan fingerprint density at radius 1 is 1.11 bits per heavy atom. The molecule has 0 aliphatic carbocycles. The molecule has 0 amide bonds. The zero-order valence-electron chi connectivity index (χ0n) is 15.8. The first kappa shape index (κ1) is 20.9. The largest absolute Gasteiger partial charge is 0.478 e. The van der Waals surface area contributed by atoms with Crippen molar-refractivity contribution in [2.75, 3.05) is 5.32 Å². The van der Waals surface area contributed by atoms with Gasteiger partial charge in [0.05, 0.1) is 11.3 Å². The summed E-state index contributed by atoms with van der Waals surface area (Å²) in [6.07, 6.45) is 1.82. The summed E-state index contributed by atoms with van der Waals surface area (Å²) in [5.41, 5.74) is 1.15. The van der Waals surface area contributed by atoms with Gasteiger partial charge >= 0.3 is 5.97 Å². The standard InChI is InChI=1S/C20H26N2O4S/c1-4-8-14(2)21-18-12-11-17(20(23)24)13-19(18)27(25,26)22-15(3)16-9-6-5-7-10-16/h5-7,9-15,21-22H,4,8H2,1-3H3,(H,23,24)/t14-,15+/m0/s1. The molecule has 0 spiro atoms. The molecule has 2 aromatic carbocycles. The fourth-order valence-corrected chi connectivity index (χ4v) is 4.30. The third-order valence-electron chi connectivity index (χ3n) is 4.27. The normalized spacial score (nSPS) is 13.7. The van der Waals surface area contributed by atoms with Crippen molar-refractivity contribution < 1.29 is 18.3 Å². The van der Waals surface area contributed by atoms with E-state index in [9.17, 15) is 18.3 Å². The Morgan fingerprint density at radius 3 is 2.37 bits per heavy atom. The van der Waals surface area contributed by atoms with Crippen LogP contribution in [0.25, 0.3) is 0 Å². The second-order valence-corrected chi connectivity index (χ2v) is 8.29. The van der Waals surface area contributed by atoms with E-state index in [0.29, 0.717) is 5.69 Å². The highest BCUT2D eigenvalue weighted by atomic mass is 32.2. The summed E-state index contributed by atoms with van der Waals surface area (Å²) >= 11 is 0. The Bertz CT molecular complexity index is 882. The van der Waals surface area contributed by atoms with Crippen molar-refractivity contribution in [2.24, 2.45) is 0 Å². The Hall–Kier alpha value is -2.38. The summed E-state index contributed by atoms with van der Waals surface area (Å²) in [5.74, 6) is -1.17. The SMILES string of the molecule is CCC[C@H](C)Nc1ccc(C(=O)O)cc1S(=O)(=O)N[C@H](C)c1ccccc1. The first-order valence-electron chi connectivity index (χ1n) is 8.95. The summed E-state index contributed by atoms with van der Waals surface area (Å²) < 4.78 is 28.7. The molecule has 0 unspecified atom stereocenters. The van der Waals surface area contributed by atoms with Gasteiger partial charge in [0.2, 0.25) is 10.0 Å². The number of rotatable bonds is 9. The summed E-state index contributed by atoms with van der Waals surface area (Å²) in [5, 5.41) is 12.4. The van der Waals surface area contributed by atoms with Crippen molar-refractivity contribution in [1.82, 2.24) is 4.72 Å². The number of anilines is 1. The third kappa shape index (κ3) is 5.55. The lowest BCUT2D eigenvalue weighted by Crippen LogP contribution is -2.28. The second-order valence-electron chi connectivity index (χ2n) is 6.60. The number of carbonyl (C=O) groups is 1. The van der Waals surface area contributed by atoms with Gasteiger partial charge in [0.25, 0.3) is 0 Å². The van der Waals surface area contributed by atoms with E-state index in [4.69, 9.17) is 0 Å². The number of carboxylic acids is 1. The van der Waals surface area contributed by atoms with Gasteiger partial charge in [-0.15, -0.1) is 0 Å². The van der Waals surface area contributed by atoms with Crippen LogP contribution in [0.4, 0.5) is 5.69 Å². The number of nitrogens with one attached hydrogen (secondary N) is 2. The minimum Gasteiger partial charge on any atom is -0.478 e. The van der Waals surface area contributed by atoms with Crippen molar-refractivity contribution in [3.05, 3.63) is 59.7 Å². The lowest BCUT2D eigenvalue weighted by molar-refractivity contribution is 0.0696. The number of hydrogen-bond acceptors (Lipinski definition) is 4. The van der Waals surface area contributed by atoms with Gasteiger partial charge < -0.3 is 10.4 Å². The van der Waals surface area contributed by atoms with Crippen LogP contribution in [0, 0.1) is 0 Å². The highest BCUT2D eigenvalue weighted by Crippen LogP contribution is 2.26. The van der Waals surface area contributed by atoms with Gasteiger partial charge in [0, 0.05) is 12.1 Å². The van der Waals surface area contributed by atoms with Gasteiger partial charge in [-0.3, -0.25) is 0 Å². The van der Waals surface area contributed by atoms with Crippen LogP contribution >= 0.6 is 0 Å². The van der Waals surface area contributed by atoms with Crippen LogP contribution in [0.15, 0.2) is 53.4 Å². The average Bonchev–Trinajstić information content (AvgIpc) is 2.62. The minimum atomic E-state index is -3.93. The van der Waals surface area contributed by atoms with E-state index in [1.807, 2.05) is 44.2 Å². The van der Waals surface area contributed by atoms with Crippen molar-refractivity contribution in [3.8, 4) is 0 Å². The van der Waals surface area contributed by atoms with Gasteiger partial charge in [0.15, 0.2) is 0 Å². The van der Waals surface area contributed by atoms with Gasteiger partial charge in [-0.25, -0.2) is 17.9 Å². The predicted octanol–water partition coefficient (Wildman–Crippen LogP) is 4.02. The average molecular weight is 391 g/mol. The van der Waals surface area contributed by atoms with Gasteiger partial charge in [-0.1, -0.05) is 43.7 Å². The molecule has 0 aliphatic heterocycles. The van der Waals surface area contributed by atoms with Gasteiger partial charge in [-0.05, 0) is 44.0 Å². The van der Waals surface area contributed by atoms with Gasteiger partial charge in [-0.2, -0.15) is 0 Å². The molecular formula is C20H26N2O4S. The lowest BCUT2D eigenvalue weighted by atomic mass is 10.1. The Morgan fingerprint density at radius 2 is 1.78 bits per heavy atom. The van der Waals surface area contributed by atoms with Gasteiger partial charge in [0.1, 0.15) is 4.90 Å². The maximum Gasteiger partial charge on any atom is 0.335 e. The quantitative estimate of drug-likeness (QED) is 0.601. The topological polar surface area (TPSA) is 95.5 Å². The smallest absolute Gasteiger partial charge is 0.335 e. The van der Waals surface area contributed by atoms with Crippen LogP contribution in [0.1, 0.15) is 55.6 Å². The molecule has 27 heavy (non-hydrogen) atoms. The molecule has 2 rings (SSSR count). The third-order valence-corrected chi connectivity index (χ3v) is 5.85. The van der Waals surface area contributed by atoms with E-state index >= 15 is 0 Å². The number of sulfonamides is 1. The number of aromatic carboxylic acids is 1. The molecule has 146 valence electrons. The van der Waals surface area contributed by atoms with Crippen molar-refractivity contribution in [3.63, 3.8) is 0 Å². The number of carboxylic acid groups (broad SMARTS) is 1. The molecule has 2 aromatic rings. The summed E-state index contributed by atoms with van der Waals surface area (Å²) in [6, 6.07) is 12.9. The highest BCUT2D eigenvalue weighted by molar-refractivity contribution is 7.89. The van der Waals surface area contributed by atoms with Crippen LogP contribution in [0.5, 0.6) is 0 Å². The van der Waals surface area contributed by atoms with E-state index in [1.54, 1.807) is 6.92 Å². The molecule has 7 heteroatoms. The van der Waals surface area contributed by atoms with Crippen molar-refractivity contribution in [1.29, 1.82) is 0 Å². The zero-order valence-corrected chi connectivity index (χ0v) is 16.6. The first-order valence-corrected chi connectivity index (χ1v) is 10.4.